The van der Waals surface area contributed by atoms with E-state index in [0.29, 0.717) is 0 Å². The molecule has 17 heavy (non-hydrogen) atoms. The summed E-state index contributed by atoms with van der Waals surface area (Å²) in [5, 5.41) is 0. The summed E-state index contributed by atoms with van der Waals surface area (Å²) in [5.41, 5.74) is 1.34. The summed E-state index contributed by atoms with van der Waals surface area (Å²) in [7, 11) is 0. The van der Waals surface area contributed by atoms with E-state index in [1.807, 2.05) is 32.3 Å². The number of nitrogens with zero attached hydrogens (tertiary/aromatic N) is 2. The molecule has 1 aliphatic rings. The minimum absolute atomic E-state index is 0.968. The lowest BCUT2D eigenvalue weighted by molar-refractivity contribution is 0.175. The molecule has 0 N–H and O–H groups in total. The van der Waals surface area contributed by atoms with E-state index in [2.05, 4.69) is 22.9 Å². The number of pyridine rings is 1. The topological polar surface area (TPSA) is 16.1 Å². The van der Waals surface area contributed by atoms with Gasteiger partial charge in [0.15, 0.2) is 0 Å². The molecule has 2 rings (SSSR count). The first-order valence-electron chi connectivity index (χ1n) is 6.99. The van der Waals surface area contributed by atoms with Crippen molar-refractivity contribution in [1.82, 2.24) is 9.88 Å². The summed E-state index contributed by atoms with van der Waals surface area (Å²) in [6.45, 7) is 9.90. The fraction of sp³-hybridized carbons (Fsp3) is 0.667. The van der Waals surface area contributed by atoms with E-state index >= 15 is 0 Å². The van der Waals surface area contributed by atoms with Crippen molar-refractivity contribution in [2.24, 2.45) is 5.92 Å². The van der Waals surface area contributed by atoms with Crippen molar-refractivity contribution in [3.8, 4) is 0 Å². The molecule has 1 saturated heterocycles. The second-order valence-electron chi connectivity index (χ2n) is 4.49. The molecular weight excluding hydrogens is 208 g/mol. The normalized spacial score (nSPS) is 17.4. The average molecular weight is 234 g/mol. The lowest BCUT2D eigenvalue weighted by atomic mass is 9.94. The van der Waals surface area contributed by atoms with Gasteiger partial charge < -0.3 is 0 Å². The van der Waals surface area contributed by atoms with E-state index in [0.717, 1.165) is 12.5 Å². The van der Waals surface area contributed by atoms with Crippen LogP contribution in [0.25, 0.3) is 0 Å². The molecule has 2 heterocycles. The number of hydrogen-bond acceptors (Lipinski definition) is 2. The summed E-state index contributed by atoms with van der Waals surface area (Å²) in [4.78, 5) is 6.70. The van der Waals surface area contributed by atoms with Crippen LogP contribution in [0.4, 0.5) is 0 Å². The van der Waals surface area contributed by atoms with E-state index in [1.165, 1.54) is 37.9 Å². The second-order valence-corrected chi connectivity index (χ2v) is 4.49. The summed E-state index contributed by atoms with van der Waals surface area (Å²) < 4.78 is 0. The van der Waals surface area contributed by atoms with Gasteiger partial charge in [0.05, 0.1) is 0 Å². The zero-order valence-electron chi connectivity index (χ0n) is 11.5. The molecule has 1 aromatic rings. The molecule has 0 aromatic carbocycles. The molecule has 0 saturated carbocycles. The zero-order valence-corrected chi connectivity index (χ0v) is 11.5. The lowest BCUT2D eigenvalue weighted by Crippen LogP contribution is -2.32. The number of piperidine rings is 1. The summed E-state index contributed by atoms with van der Waals surface area (Å²) >= 11 is 0. The van der Waals surface area contributed by atoms with Crippen LogP contribution in [0.5, 0.6) is 0 Å². The van der Waals surface area contributed by atoms with E-state index in [4.69, 9.17) is 0 Å². The van der Waals surface area contributed by atoms with Gasteiger partial charge in [-0.3, -0.25) is 9.88 Å². The summed E-state index contributed by atoms with van der Waals surface area (Å²) in [6, 6.07) is 4.19. The van der Waals surface area contributed by atoms with Gasteiger partial charge >= 0.3 is 0 Å². The maximum absolute atomic E-state index is 4.15. The molecule has 1 fully saturated rings. The van der Waals surface area contributed by atoms with Crippen molar-refractivity contribution in [1.29, 1.82) is 0 Å². The van der Waals surface area contributed by atoms with E-state index < -0.39 is 0 Å². The highest BCUT2D eigenvalue weighted by atomic mass is 15.1. The molecule has 2 nitrogen and oxygen atoms in total. The van der Waals surface area contributed by atoms with Crippen LogP contribution in [-0.2, 0) is 6.54 Å². The third kappa shape index (κ3) is 4.86. The third-order valence-electron chi connectivity index (χ3n) is 3.41. The number of hydrogen-bond donors (Lipinski definition) is 0. The van der Waals surface area contributed by atoms with Gasteiger partial charge in [0.1, 0.15) is 0 Å². The largest absolute Gasteiger partial charge is 0.299 e. The summed E-state index contributed by atoms with van der Waals surface area (Å²) in [5.74, 6) is 0.968. The minimum atomic E-state index is 0.968. The lowest BCUT2D eigenvalue weighted by Gasteiger charge is -2.31. The molecule has 0 aliphatic carbocycles. The quantitative estimate of drug-likeness (QED) is 0.792. The number of aromatic nitrogens is 1. The molecule has 0 spiro atoms. The van der Waals surface area contributed by atoms with Crippen molar-refractivity contribution < 1.29 is 0 Å². The van der Waals surface area contributed by atoms with E-state index in [1.54, 1.807) is 0 Å². The molecule has 1 aliphatic heterocycles. The monoisotopic (exact) mass is 234 g/mol. The fourth-order valence-electron chi connectivity index (χ4n) is 2.30. The smallest absolute Gasteiger partial charge is 0.0312 e. The second kappa shape index (κ2) is 8.24. The average Bonchev–Trinajstić information content (AvgIpc) is 2.43. The van der Waals surface area contributed by atoms with Crippen LogP contribution >= 0.6 is 0 Å². The van der Waals surface area contributed by atoms with Crippen LogP contribution in [0.3, 0.4) is 0 Å². The predicted octanol–water partition coefficient (Wildman–Crippen LogP) is 3.73. The van der Waals surface area contributed by atoms with Crippen LogP contribution < -0.4 is 0 Å². The molecular formula is C15H26N2. The Labute approximate surface area is 106 Å². The van der Waals surface area contributed by atoms with E-state index in [-0.39, 0.29) is 0 Å². The van der Waals surface area contributed by atoms with Crippen LogP contribution in [0.2, 0.25) is 0 Å². The maximum Gasteiger partial charge on any atom is 0.0312 e. The van der Waals surface area contributed by atoms with Crippen molar-refractivity contribution in [2.75, 3.05) is 13.1 Å². The molecule has 0 unspecified atom stereocenters. The Morgan fingerprint density at radius 3 is 2.53 bits per heavy atom. The molecule has 1 aromatic heterocycles. The number of likely N-dealkylation sites (tertiary alicyclic amines) is 1. The van der Waals surface area contributed by atoms with Crippen molar-refractivity contribution >= 4 is 0 Å². The Morgan fingerprint density at radius 1 is 1.29 bits per heavy atom. The minimum Gasteiger partial charge on any atom is -0.299 e. The Balaban J connectivity index is 0.000000686. The van der Waals surface area contributed by atoms with Gasteiger partial charge in [0, 0.05) is 18.9 Å². The third-order valence-corrected chi connectivity index (χ3v) is 3.41. The van der Waals surface area contributed by atoms with Crippen LogP contribution in [-0.4, -0.2) is 23.0 Å². The van der Waals surface area contributed by atoms with Gasteiger partial charge in [0.2, 0.25) is 0 Å². The molecule has 96 valence electrons. The highest BCUT2D eigenvalue weighted by Gasteiger charge is 2.17. The maximum atomic E-state index is 4.15. The Hall–Kier alpha value is -0.890. The van der Waals surface area contributed by atoms with Crippen molar-refractivity contribution in [3.63, 3.8) is 0 Å². The molecule has 2 heteroatoms. The SMILES string of the molecule is CC.CCC1CCN(Cc2cccnc2)CC1. The zero-order chi connectivity index (χ0) is 12.5. The Bertz CT molecular complexity index is 276. The van der Waals surface area contributed by atoms with Gasteiger partial charge in [-0.2, -0.15) is 0 Å². The van der Waals surface area contributed by atoms with Gasteiger partial charge in [-0.05, 0) is 43.5 Å². The van der Waals surface area contributed by atoms with Gasteiger partial charge in [0.25, 0.3) is 0 Å². The molecule has 0 amide bonds. The highest BCUT2D eigenvalue weighted by molar-refractivity contribution is 5.08. The van der Waals surface area contributed by atoms with Crippen molar-refractivity contribution in [3.05, 3.63) is 30.1 Å². The van der Waals surface area contributed by atoms with Gasteiger partial charge in [-0.25, -0.2) is 0 Å². The van der Waals surface area contributed by atoms with E-state index in [9.17, 15) is 0 Å². The first-order valence-corrected chi connectivity index (χ1v) is 6.99. The van der Waals surface area contributed by atoms with Crippen LogP contribution in [0.15, 0.2) is 24.5 Å². The van der Waals surface area contributed by atoms with Crippen LogP contribution in [0.1, 0.15) is 45.6 Å². The first kappa shape index (κ1) is 14.2. The van der Waals surface area contributed by atoms with Crippen LogP contribution in [0, 0.1) is 5.92 Å². The molecule has 0 atom stereocenters. The standard InChI is InChI=1S/C13H20N2.C2H6/c1-2-12-5-8-15(9-6-12)11-13-4-3-7-14-10-13;1-2/h3-4,7,10,12H,2,5-6,8-9,11H2,1H3;1-2H3. The molecule has 0 radical (unpaired) electrons. The molecule has 0 bridgehead atoms. The highest BCUT2D eigenvalue weighted by Crippen LogP contribution is 2.20. The van der Waals surface area contributed by atoms with Crippen molar-refractivity contribution in [2.45, 2.75) is 46.6 Å². The van der Waals surface area contributed by atoms with Gasteiger partial charge in [-0.1, -0.05) is 33.3 Å². The first-order chi connectivity index (χ1) is 8.38. The summed E-state index contributed by atoms with van der Waals surface area (Å²) in [6.07, 6.45) is 7.91. The fourth-order valence-corrected chi connectivity index (χ4v) is 2.30. The Morgan fingerprint density at radius 2 is 2.00 bits per heavy atom. The Kier molecular flexibility index (Phi) is 6.87. The predicted molar refractivity (Wildman–Crippen MR) is 73.9 cm³/mol. The van der Waals surface area contributed by atoms with Gasteiger partial charge in [-0.15, -0.1) is 0 Å². The number of rotatable bonds is 3.